The lowest BCUT2D eigenvalue weighted by atomic mass is 9.97. The molecule has 1 aliphatic rings. The van der Waals surface area contributed by atoms with Gasteiger partial charge >= 0.3 is 0 Å². The first-order valence-electron chi connectivity index (χ1n) is 7.95. The summed E-state index contributed by atoms with van der Waals surface area (Å²) >= 11 is 0. The average Bonchev–Trinajstić information content (AvgIpc) is 2.54. The van der Waals surface area contributed by atoms with E-state index in [1.807, 2.05) is 37.4 Å². The van der Waals surface area contributed by atoms with Gasteiger partial charge in [-0.25, -0.2) is 0 Å². The van der Waals surface area contributed by atoms with Gasteiger partial charge in [-0.3, -0.25) is 9.69 Å². The standard InChI is InChI=1S/C17H27N3O/c1-3-18-13-15-9-11-20(12-10-15)14-17(21)19(2)16-7-5-4-6-8-16/h4-8,15,18H,3,9-14H2,1-2H3. The van der Waals surface area contributed by atoms with Gasteiger partial charge in [0.05, 0.1) is 6.54 Å². The molecule has 0 radical (unpaired) electrons. The van der Waals surface area contributed by atoms with Crippen molar-refractivity contribution in [3.05, 3.63) is 30.3 Å². The number of hydrogen-bond donors (Lipinski definition) is 1. The van der Waals surface area contributed by atoms with E-state index in [9.17, 15) is 4.79 Å². The number of amides is 1. The second-order valence-corrected chi connectivity index (χ2v) is 5.82. The van der Waals surface area contributed by atoms with Crippen LogP contribution < -0.4 is 10.2 Å². The highest BCUT2D eigenvalue weighted by atomic mass is 16.2. The fraction of sp³-hybridized carbons (Fsp3) is 0.588. The second-order valence-electron chi connectivity index (χ2n) is 5.82. The molecule has 1 fully saturated rings. The predicted octanol–water partition coefficient (Wildman–Crippen LogP) is 1.97. The molecule has 0 aliphatic carbocycles. The Labute approximate surface area is 128 Å². The Morgan fingerprint density at radius 1 is 1.29 bits per heavy atom. The maximum Gasteiger partial charge on any atom is 0.240 e. The van der Waals surface area contributed by atoms with E-state index in [4.69, 9.17) is 0 Å². The van der Waals surface area contributed by atoms with E-state index in [0.717, 1.165) is 37.8 Å². The molecule has 1 aromatic rings. The van der Waals surface area contributed by atoms with Crippen LogP contribution in [0.5, 0.6) is 0 Å². The molecule has 0 spiro atoms. The van der Waals surface area contributed by atoms with Gasteiger partial charge in [0.2, 0.25) is 5.91 Å². The number of likely N-dealkylation sites (N-methyl/N-ethyl adjacent to an activating group) is 1. The number of hydrogen-bond acceptors (Lipinski definition) is 3. The monoisotopic (exact) mass is 289 g/mol. The summed E-state index contributed by atoms with van der Waals surface area (Å²) in [6.07, 6.45) is 2.38. The highest BCUT2D eigenvalue weighted by Gasteiger charge is 2.22. The van der Waals surface area contributed by atoms with Crippen LogP contribution in [0.2, 0.25) is 0 Å². The molecular weight excluding hydrogens is 262 g/mol. The van der Waals surface area contributed by atoms with E-state index < -0.39 is 0 Å². The van der Waals surface area contributed by atoms with Crippen molar-refractivity contribution in [3.8, 4) is 0 Å². The first-order valence-corrected chi connectivity index (χ1v) is 7.95. The van der Waals surface area contributed by atoms with E-state index in [1.165, 1.54) is 12.8 Å². The second kappa shape index (κ2) is 8.15. The third-order valence-corrected chi connectivity index (χ3v) is 4.27. The van der Waals surface area contributed by atoms with Crippen molar-refractivity contribution in [3.63, 3.8) is 0 Å². The van der Waals surface area contributed by atoms with Crippen molar-refractivity contribution >= 4 is 11.6 Å². The Morgan fingerprint density at radius 3 is 2.57 bits per heavy atom. The fourth-order valence-electron chi connectivity index (χ4n) is 2.79. The minimum atomic E-state index is 0.173. The number of carbonyl (C=O) groups excluding carboxylic acids is 1. The zero-order valence-electron chi connectivity index (χ0n) is 13.2. The smallest absolute Gasteiger partial charge is 0.240 e. The third kappa shape index (κ3) is 4.83. The number of nitrogens with zero attached hydrogens (tertiary/aromatic N) is 2. The molecule has 0 atom stereocenters. The van der Waals surface area contributed by atoms with E-state index >= 15 is 0 Å². The Kier molecular flexibility index (Phi) is 6.21. The minimum Gasteiger partial charge on any atom is -0.317 e. The van der Waals surface area contributed by atoms with E-state index in [2.05, 4.69) is 17.1 Å². The molecule has 1 saturated heterocycles. The summed E-state index contributed by atoms with van der Waals surface area (Å²) in [7, 11) is 1.86. The first kappa shape index (κ1) is 16.0. The molecule has 1 aromatic carbocycles. The van der Waals surface area contributed by atoms with Crippen molar-refractivity contribution in [1.29, 1.82) is 0 Å². The van der Waals surface area contributed by atoms with Crippen LogP contribution in [0.1, 0.15) is 19.8 Å². The zero-order valence-corrected chi connectivity index (χ0v) is 13.2. The summed E-state index contributed by atoms with van der Waals surface area (Å²) in [5.41, 5.74) is 0.963. The molecule has 2 rings (SSSR count). The normalized spacial score (nSPS) is 16.9. The number of rotatable bonds is 6. The van der Waals surface area contributed by atoms with Crippen molar-refractivity contribution in [2.75, 3.05) is 44.7 Å². The maximum atomic E-state index is 12.3. The number of anilines is 1. The van der Waals surface area contributed by atoms with Gasteiger partial charge in [-0.05, 0) is 57.1 Å². The molecule has 21 heavy (non-hydrogen) atoms. The summed E-state index contributed by atoms with van der Waals surface area (Å²) in [5.74, 6) is 0.939. The van der Waals surface area contributed by atoms with Crippen LogP contribution in [0.25, 0.3) is 0 Å². The fourth-order valence-corrected chi connectivity index (χ4v) is 2.79. The summed E-state index contributed by atoms with van der Waals surface area (Å²) in [5, 5.41) is 3.42. The lowest BCUT2D eigenvalue weighted by molar-refractivity contribution is -0.119. The molecule has 1 amide bonds. The summed E-state index contributed by atoms with van der Waals surface area (Å²) in [6, 6.07) is 9.84. The van der Waals surface area contributed by atoms with E-state index in [0.29, 0.717) is 6.54 Å². The maximum absolute atomic E-state index is 12.3. The van der Waals surface area contributed by atoms with Gasteiger partial charge in [0.1, 0.15) is 0 Å². The van der Waals surface area contributed by atoms with Crippen LogP contribution >= 0.6 is 0 Å². The quantitative estimate of drug-likeness (QED) is 0.870. The van der Waals surface area contributed by atoms with Crippen molar-refractivity contribution in [1.82, 2.24) is 10.2 Å². The predicted molar refractivity (Wildman–Crippen MR) is 87.6 cm³/mol. The SMILES string of the molecule is CCNCC1CCN(CC(=O)N(C)c2ccccc2)CC1. The lowest BCUT2D eigenvalue weighted by Crippen LogP contribution is -2.43. The highest BCUT2D eigenvalue weighted by Crippen LogP contribution is 2.17. The topological polar surface area (TPSA) is 35.6 Å². The summed E-state index contributed by atoms with van der Waals surface area (Å²) in [4.78, 5) is 16.4. The van der Waals surface area contributed by atoms with Gasteiger partial charge in [0.25, 0.3) is 0 Å². The van der Waals surface area contributed by atoms with Crippen LogP contribution in [-0.2, 0) is 4.79 Å². The van der Waals surface area contributed by atoms with Gasteiger partial charge in [-0.15, -0.1) is 0 Å². The van der Waals surface area contributed by atoms with Gasteiger partial charge in [-0.1, -0.05) is 25.1 Å². The zero-order chi connectivity index (χ0) is 15.1. The molecule has 4 heteroatoms. The van der Waals surface area contributed by atoms with Gasteiger partial charge in [0, 0.05) is 12.7 Å². The average molecular weight is 289 g/mol. The van der Waals surface area contributed by atoms with Crippen molar-refractivity contribution in [2.24, 2.45) is 5.92 Å². The van der Waals surface area contributed by atoms with Crippen LogP contribution in [0.15, 0.2) is 30.3 Å². The van der Waals surface area contributed by atoms with Crippen LogP contribution in [0, 0.1) is 5.92 Å². The highest BCUT2D eigenvalue weighted by molar-refractivity contribution is 5.94. The van der Waals surface area contributed by atoms with Gasteiger partial charge < -0.3 is 10.2 Å². The number of carbonyl (C=O) groups is 1. The Morgan fingerprint density at radius 2 is 1.95 bits per heavy atom. The number of likely N-dealkylation sites (tertiary alicyclic amines) is 1. The molecule has 0 bridgehead atoms. The van der Waals surface area contributed by atoms with Gasteiger partial charge in [0.15, 0.2) is 0 Å². The Hall–Kier alpha value is -1.39. The molecule has 1 aliphatic heterocycles. The number of piperidine rings is 1. The molecule has 0 aromatic heterocycles. The van der Waals surface area contributed by atoms with Crippen LogP contribution in [-0.4, -0.2) is 50.6 Å². The van der Waals surface area contributed by atoms with Crippen molar-refractivity contribution in [2.45, 2.75) is 19.8 Å². The minimum absolute atomic E-state index is 0.173. The Bertz CT molecular complexity index is 427. The first-order chi connectivity index (χ1) is 10.2. The Balaban J connectivity index is 1.77. The largest absolute Gasteiger partial charge is 0.317 e. The summed E-state index contributed by atoms with van der Waals surface area (Å²) < 4.78 is 0. The number of para-hydroxylation sites is 1. The number of nitrogens with one attached hydrogen (secondary N) is 1. The molecule has 4 nitrogen and oxygen atoms in total. The molecule has 1 heterocycles. The molecular formula is C17H27N3O. The van der Waals surface area contributed by atoms with E-state index in [1.54, 1.807) is 4.90 Å². The van der Waals surface area contributed by atoms with Crippen LogP contribution in [0.3, 0.4) is 0 Å². The molecule has 0 saturated carbocycles. The number of benzene rings is 1. The third-order valence-electron chi connectivity index (χ3n) is 4.27. The van der Waals surface area contributed by atoms with Crippen LogP contribution in [0.4, 0.5) is 5.69 Å². The molecule has 116 valence electrons. The van der Waals surface area contributed by atoms with Gasteiger partial charge in [-0.2, -0.15) is 0 Å². The summed E-state index contributed by atoms with van der Waals surface area (Å²) in [6.45, 7) is 6.89. The molecule has 0 unspecified atom stereocenters. The van der Waals surface area contributed by atoms with E-state index in [-0.39, 0.29) is 5.91 Å². The van der Waals surface area contributed by atoms with Crippen molar-refractivity contribution < 1.29 is 4.79 Å². The lowest BCUT2D eigenvalue weighted by Gasteiger charge is -2.32. The molecule has 1 N–H and O–H groups in total.